The molecule has 0 heterocycles. The van der Waals surface area contributed by atoms with Crippen molar-refractivity contribution < 1.29 is 19.4 Å². The van der Waals surface area contributed by atoms with E-state index in [1.54, 1.807) is 0 Å². The number of rotatable bonds is 8. The van der Waals surface area contributed by atoms with E-state index in [4.69, 9.17) is 9.84 Å². The molecule has 0 aliphatic carbocycles. The van der Waals surface area contributed by atoms with Gasteiger partial charge in [0.25, 0.3) is 0 Å². The summed E-state index contributed by atoms with van der Waals surface area (Å²) in [6.07, 6.45) is 1.29. The number of carboxylic acid groups (broad SMARTS) is 1. The Morgan fingerprint density at radius 1 is 1.64 bits per heavy atom. The van der Waals surface area contributed by atoms with Crippen LogP contribution in [0.1, 0.15) is 26.7 Å². The number of ether oxygens (including phenoxy) is 1. The summed E-state index contributed by atoms with van der Waals surface area (Å²) >= 11 is 0. The smallest absolute Gasteiger partial charge is 0.320 e. The highest BCUT2D eigenvalue weighted by atomic mass is 16.5. The normalized spacial score (nSPS) is 14.7. The predicted molar refractivity (Wildman–Crippen MR) is 50.9 cm³/mol. The molecule has 0 rings (SSSR count). The van der Waals surface area contributed by atoms with Crippen molar-refractivity contribution in [3.05, 3.63) is 0 Å². The summed E-state index contributed by atoms with van der Waals surface area (Å²) < 4.78 is 5.23. The molecule has 2 N–H and O–H groups in total. The minimum Gasteiger partial charge on any atom is -0.480 e. The van der Waals surface area contributed by atoms with Gasteiger partial charge in [-0.25, -0.2) is 0 Å². The fraction of sp³-hybridized carbons (Fsp3) is 0.778. The second-order valence-electron chi connectivity index (χ2n) is 2.91. The molecule has 0 spiro atoms. The molecule has 0 aliphatic rings. The van der Waals surface area contributed by atoms with Gasteiger partial charge in [0.1, 0.15) is 18.6 Å². The molecule has 0 aromatic rings. The van der Waals surface area contributed by atoms with E-state index in [0.29, 0.717) is 19.4 Å². The molecule has 5 nitrogen and oxygen atoms in total. The highest BCUT2D eigenvalue weighted by molar-refractivity contribution is 5.72. The lowest BCUT2D eigenvalue weighted by Gasteiger charge is -2.20. The first-order valence-electron chi connectivity index (χ1n) is 4.65. The van der Waals surface area contributed by atoms with E-state index in [2.05, 4.69) is 5.32 Å². The van der Waals surface area contributed by atoms with E-state index in [-0.39, 0.29) is 6.23 Å². The highest BCUT2D eigenvalue weighted by Crippen LogP contribution is 1.99. The lowest BCUT2D eigenvalue weighted by molar-refractivity contribution is -0.140. The molecule has 5 heteroatoms. The molecule has 0 aromatic carbocycles. The zero-order chi connectivity index (χ0) is 11.0. The monoisotopic (exact) mass is 203 g/mol. The molecule has 0 aliphatic heterocycles. The van der Waals surface area contributed by atoms with Crippen molar-refractivity contribution in [2.24, 2.45) is 0 Å². The third kappa shape index (κ3) is 5.66. The van der Waals surface area contributed by atoms with E-state index < -0.39 is 12.0 Å². The van der Waals surface area contributed by atoms with Gasteiger partial charge in [0.2, 0.25) is 0 Å². The molecule has 0 aromatic heterocycles. The Morgan fingerprint density at radius 2 is 2.29 bits per heavy atom. The molecule has 14 heavy (non-hydrogen) atoms. The van der Waals surface area contributed by atoms with Crippen LogP contribution >= 0.6 is 0 Å². The summed E-state index contributed by atoms with van der Waals surface area (Å²) in [6.45, 7) is 3.85. The second-order valence-corrected chi connectivity index (χ2v) is 2.91. The zero-order valence-corrected chi connectivity index (χ0v) is 8.53. The maximum atomic E-state index is 10.5. The third-order valence-electron chi connectivity index (χ3n) is 1.72. The molecule has 0 amide bonds. The molecule has 82 valence electrons. The van der Waals surface area contributed by atoms with Crippen molar-refractivity contribution in [1.29, 1.82) is 0 Å². The van der Waals surface area contributed by atoms with Gasteiger partial charge in [0.15, 0.2) is 0 Å². The molecule has 1 unspecified atom stereocenters. The van der Waals surface area contributed by atoms with Gasteiger partial charge in [-0.1, -0.05) is 0 Å². The van der Waals surface area contributed by atoms with Crippen LogP contribution in [0.25, 0.3) is 0 Å². The number of carboxylic acids is 1. The van der Waals surface area contributed by atoms with Crippen LogP contribution in [0.4, 0.5) is 0 Å². The maximum absolute atomic E-state index is 10.5. The van der Waals surface area contributed by atoms with Crippen LogP contribution in [0.5, 0.6) is 0 Å². The van der Waals surface area contributed by atoms with E-state index in [9.17, 15) is 9.59 Å². The average Bonchev–Trinajstić information content (AvgIpc) is 2.14. The van der Waals surface area contributed by atoms with E-state index in [0.717, 1.165) is 6.29 Å². The highest BCUT2D eigenvalue weighted by Gasteiger charge is 2.16. The van der Waals surface area contributed by atoms with Crippen molar-refractivity contribution >= 4 is 12.3 Å². The molecule has 0 radical (unpaired) electrons. The van der Waals surface area contributed by atoms with Crippen LogP contribution in [0.3, 0.4) is 0 Å². The van der Waals surface area contributed by atoms with E-state index in [1.165, 1.54) is 6.92 Å². The molecule has 0 fully saturated rings. The summed E-state index contributed by atoms with van der Waals surface area (Å²) in [5.74, 6) is -0.930. The largest absolute Gasteiger partial charge is 0.480 e. The van der Waals surface area contributed by atoms with Crippen molar-refractivity contribution in [2.45, 2.75) is 39.0 Å². The van der Waals surface area contributed by atoms with E-state index >= 15 is 0 Å². The first-order chi connectivity index (χ1) is 6.61. The standard InChI is InChI=1S/C9H17NO4/c1-3-14-8(5-4-6-11)10-7(2)9(12)13/h6-8,10H,3-5H2,1-2H3,(H,12,13)/t7-,8?/m0/s1. The quantitative estimate of drug-likeness (QED) is 0.441. The number of hydrogen-bond donors (Lipinski definition) is 2. The van der Waals surface area contributed by atoms with Gasteiger partial charge in [-0.2, -0.15) is 0 Å². The summed E-state index contributed by atoms with van der Waals surface area (Å²) in [4.78, 5) is 20.7. The molecule has 0 saturated heterocycles. The minimum atomic E-state index is -0.930. The van der Waals surface area contributed by atoms with Crippen LogP contribution in [0.2, 0.25) is 0 Å². The number of nitrogens with one attached hydrogen (secondary N) is 1. The average molecular weight is 203 g/mol. The Kier molecular flexibility index (Phi) is 6.96. The van der Waals surface area contributed by atoms with Gasteiger partial charge in [0, 0.05) is 13.0 Å². The van der Waals surface area contributed by atoms with Gasteiger partial charge < -0.3 is 14.6 Å². The Labute approximate surface area is 83.4 Å². The van der Waals surface area contributed by atoms with Crippen molar-refractivity contribution in [1.82, 2.24) is 5.32 Å². The van der Waals surface area contributed by atoms with Crippen LogP contribution in [0.15, 0.2) is 0 Å². The van der Waals surface area contributed by atoms with Gasteiger partial charge in [0.05, 0.1) is 0 Å². The van der Waals surface area contributed by atoms with Crippen LogP contribution in [-0.4, -0.2) is 36.2 Å². The lowest BCUT2D eigenvalue weighted by Crippen LogP contribution is -2.42. The van der Waals surface area contributed by atoms with Crippen LogP contribution < -0.4 is 5.32 Å². The van der Waals surface area contributed by atoms with Gasteiger partial charge in [-0.3, -0.25) is 10.1 Å². The fourth-order valence-electron chi connectivity index (χ4n) is 0.986. The van der Waals surface area contributed by atoms with Crippen LogP contribution in [-0.2, 0) is 14.3 Å². The zero-order valence-electron chi connectivity index (χ0n) is 8.53. The lowest BCUT2D eigenvalue weighted by atomic mass is 10.2. The topological polar surface area (TPSA) is 75.6 Å². The maximum Gasteiger partial charge on any atom is 0.320 e. The van der Waals surface area contributed by atoms with Crippen molar-refractivity contribution in [2.75, 3.05) is 6.61 Å². The van der Waals surface area contributed by atoms with Crippen molar-refractivity contribution in [3.8, 4) is 0 Å². The first kappa shape index (κ1) is 13.1. The molecule has 0 saturated carbocycles. The van der Waals surface area contributed by atoms with Crippen molar-refractivity contribution in [3.63, 3.8) is 0 Å². The molecular weight excluding hydrogens is 186 g/mol. The Morgan fingerprint density at radius 3 is 2.71 bits per heavy atom. The first-order valence-corrected chi connectivity index (χ1v) is 4.65. The summed E-state index contributed by atoms with van der Waals surface area (Å²) in [6, 6.07) is -0.668. The number of aliphatic carboxylic acids is 1. The molecule has 0 bridgehead atoms. The molecular formula is C9H17NO4. The third-order valence-corrected chi connectivity index (χ3v) is 1.72. The number of hydrogen-bond acceptors (Lipinski definition) is 4. The number of carbonyl (C=O) groups excluding carboxylic acids is 1. The Balaban J connectivity index is 3.93. The number of carbonyl (C=O) groups is 2. The minimum absolute atomic E-state index is 0.365. The SMILES string of the molecule is CCOC(CCC=O)N[C@@H](C)C(=O)O. The van der Waals surface area contributed by atoms with E-state index in [1.807, 2.05) is 6.92 Å². The van der Waals surface area contributed by atoms with Gasteiger partial charge in [-0.15, -0.1) is 0 Å². The fourth-order valence-corrected chi connectivity index (χ4v) is 0.986. The summed E-state index contributed by atoms with van der Waals surface area (Å²) in [5, 5.41) is 11.4. The summed E-state index contributed by atoms with van der Waals surface area (Å²) in [7, 11) is 0. The summed E-state index contributed by atoms with van der Waals surface area (Å²) in [5.41, 5.74) is 0. The molecule has 2 atom stereocenters. The van der Waals surface area contributed by atoms with Gasteiger partial charge in [-0.05, 0) is 20.3 Å². The predicted octanol–water partition coefficient (Wildman–Crippen LogP) is 0.391. The second kappa shape index (κ2) is 7.46. The number of aldehydes is 1. The van der Waals surface area contributed by atoms with Crippen LogP contribution in [0, 0.1) is 0 Å². The Bertz CT molecular complexity index is 184. The van der Waals surface area contributed by atoms with Gasteiger partial charge >= 0.3 is 5.97 Å². The Hall–Kier alpha value is -0.940.